The Hall–Kier alpha value is -2.35. The molecular weight excluding hydrogens is 232 g/mol. The molecule has 1 aromatic carbocycles. The van der Waals surface area contributed by atoms with E-state index in [0.717, 1.165) is 0 Å². The van der Waals surface area contributed by atoms with Gasteiger partial charge in [-0.2, -0.15) is 5.26 Å². The number of hydrogen-bond acceptors (Lipinski definition) is 4. The summed E-state index contributed by atoms with van der Waals surface area (Å²) in [6, 6.07) is 8.42. The van der Waals surface area contributed by atoms with Crippen LogP contribution in [0.4, 0.5) is 0 Å². The molecule has 0 N–H and O–H groups in total. The van der Waals surface area contributed by atoms with Gasteiger partial charge in [0.05, 0.1) is 25.2 Å². The van der Waals surface area contributed by atoms with E-state index in [-0.39, 0.29) is 24.8 Å². The lowest BCUT2D eigenvalue weighted by molar-refractivity contribution is -0.140. The number of nitrogens with zero attached hydrogens (tertiary/aromatic N) is 2. The normalized spacial score (nSPS) is 9.39. The fourth-order valence-electron chi connectivity index (χ4n) is 1.40. The number of rotatable bonds is 4. The number of esters is 1. The Morgan fingerprint density at radius 3 is 2.78 bits per heavy atom. The molecule has 0 aliphatic carbocycles. The first-order chi connectivity index (χ1) is 8.58. The Labute approximate surface area is 106 Å². The molecule has 0 aliphatic heterocycles. The van der Waals surface area contributed by atoms with Crippen LogP contribution in [0.3, 0.4) is 0 Å². The Bertz CT molecular complexity index is 491. The molecule has 1 amide bonds. The largest absolute Gasteiger partial charge is 0.469 e. The summed E-state index contributed by atoms with van der Waals surface area (Å²) in [6.45, 7) is 0.280. The van der Waals surface area contributed by atoms with Crippen LogP contribution in [0, 0.1) is 11.3 Å². The van der Waals surface area contributed by atoms with Crippen LogP contribution >= 0.6 is 0 Å². The maximum atomic E-state index is 12.0. The average Bonchev–Trinajstić information content (AvgIpc) is 2.43. The van der Waals surface area contributed by atoms with Crippen molar-refractivity contribution in [3.63, 3.8) is 0 Å². The van der Waals surface area contributed by atoms with E-state index in [1.807, 2.05) is 6.07 Å². The van der Waals surface area contributed by atoms with Crippen molar-refractivity contribution < 1.29 is 14.3 Å². The Morgan fingerprint density at radius 1 is 1.44 bits per heavy atom. The number of benzene rings is 1. The molecule has 1 rings (SSSR count). The molecule has 0 aliphatic rings. The third-order valence-corrected chi connectivity index (χ3v) is 2.46. The lowest BCUT2D eigenvalue weighted by Crippen LogP contribution is -2.29. The SMILES string of the molecule is COC(=O)CCN(C)C(=O)c1cccc(C#N)c1. The summed E-state index contributed by atoms with van der Waals surface area (Å²) in [5, 5.41) is 8.75. The van der Waals surface area contributed by atoms with Crippen molar-refractivity contribution in [2.24, 2.45) is 0 Å². The van der Waals surface area contributed by atoms with Crippen LogP contribution in [0.15, 0.2) is 24.3 Å². The predicted molar refractivity (Wildman–Crippen MR) is 64.8 cm³/mol. The third kappa shape index (κ3) is 3.59. The van der Waals surface area contributed by atoms with Crippen molar-refractivity contribution in [2.45, 2.75) is 6.42 Å². The molecule has 0 heterocycles. The second kappa shape index (κ2) is 6.40. The van der Waals surface area contributed by atoms with E-state index in [0.29, 0.717) is 11.1 Å². The first kappa shape index (κ1) is 13.7. The minimum absolute atomic E-state index is 0.149. The summed E-state index contributed by atoms with van der Waals surface area (Å²) >= 11 is 0. The zero-order valence-corrected chi connectivity index (χ0v) is 10.3. The highest BCUT2D eigenvalue weighted by atomic mass is 16.5. The van der Waals surface area contributed by atoms with E-state index in [1.54, 1.807) is 25.2 Å². The van der Waals surface area contributed by atoms with Gasteiger partial charge in [0.25, 0.3) is 5.91 Å². The molecule has 0 aromatic heterocycles. The molecule has 0 radical (unpaired) electrons. The zero-order chi connectivity index (χ0) is 13.5. The van der Waals surface area contributed by atoms with E-state index < -0.39 is 0 Å². The second-order valence-electron chi connectivity index (χ2n) is 3.75. The van der Waals surface area contributed by atoms with Crippen molar-refractivity contribution in [1.29, 1.82) is 5.26 Å². The summed E-state index contributed by atoms with van der Waals surface area (Å²) in [5.74, 6) is -0.587. The maximum absolute atomic E-state index is 12.0. The summed E-state index contributed by atoms with van der Waals surface area (Å²) in [7, 11) is 2.91. The Balaban J connectivity index is 2.68. The van der Waals surface area contributed by atoms with Gasteiger partial charge < -0.3 is 9.64 Å². The smallest absolute Gasteiger partial charge is 0.307 e. The standard InChI is InChI=1S/C13H14N2O3/c1-15(7-6-12(16)18-2)13(17)11-5-3-4-10(8-11)9-14/h3-5,8H,6-7H2,1-2H3. The van der Waals surface area contributed by atoms with Crippen LogP contribution in [-0.4, -0.2) is 37.5 Å². The van der Waals surface area contributed by atoms with Crippen molar-refractivity contribution >= 4 is 11.9 Å². The lowest BCUT2D eigenvalue weighted by atomic mass is 10.1. The van der Waals surface area contributed by atoms with E-state index in [2.05, 4.69) is 4.74 Å². The monoisotopic (exact) mass is 246 g/mol. The van der Waals surface area contributed by atoms with Crippen molar-refractivity contribution in [3.8, 4) is 6.07 Å². The molecule has 0 fully saturated rings. The summed E-state index contributed by atoms with van der Waals surface area (Å²) < 4.78 is 4.50. The van der Waals surface area contributed by atoms with Crippen LogP contribution in [0.5, 0.6) is 0 Å². The number of carbonyl (C=O) groups is 2. The molecule has 0 spiro atoms. The highest BCUT2D eigenvalue weighted by Crippen LogP contribution is 2.07. The number of amides is 1. The van der Waals surface area contributed by atoms with Gasteiger partial charge in [-0.15, -0.1) is 0 Å². The molecule has 0 saturated carbocycles. The molecule has 1 aromatic rings. The molecule has 0 atom stereocenters. The van der Waals surface area contributed by atoms with E-state index >= 15 is 0 Å². The van der Waals surface area contributed by atoms with Gasteiger partial charge in [-0.25, -0.2) is 0 Å². The lowest BCUT2D eigenvalue weighted by Gasteiger charge is -2.16. The molecular formula is C13H14N2O3. The van der Waals surface area contributed by atoms with E-state index in [1.165, 1.54) is 18.1 Å². The van der Waals surface area contributed by atoms with Gasteiger partial charge in [0.1, 0.15) is 0 Å². The fourth-order valence-corrected chi connectivity index (χ4v) is 1.40. The average molecular weight is 246 g/mol. The van der Waals surface area contributed by atoms with Gasteiger partial charge in [-0.3, -0.25) is 9.59 Å². The summed E-state index contributed by atoms with van der Waals surface area (Å²) in [4.78, 5) is 24.4. The van der Waals surface area contributed by atoms with Crippen LogP contribution in [0.2, 0.25) is 0 Å². The van der Waals surface area contributed by atoms with Crippen molar-refractivity contribution in [3.05, 3.63) is 35.4 Å². The summed E-state index contributed by atoms with van der Waals surface area (Å²) in [5.41, 5.74) is 0.864. The van der Waals surface area contributed by atoms with Crippen LogP contribution in [-0.2, 0) is 9.53 Å². The topological polar surface area (TPSA) is 70.4 Å². The Kier molecular flexibility index (Phi) is 4.88. The first-order valence-electron chi connectivity index (χ1n) is 5.41. The minimum Gasteiger partial charge on any atom is -0.469 e. The van der Waals surface area contributed by atoms with Gasteiger partial charge in [-0.05, 0) is 18.2 Å². The number of nitriles is 1. The van der Waals surface area contributed by atoms with E-state index in [9.17, 15) is 9.59 Å². The van der Waals surface area contributed by atoms with E-state index in [4.69, 9.17) is 5.26 Å². The fraction of sp³-hybridized carbons (Fsp3) is 0.308. The summed E-state index contributed by atoms with van der Waals surface area (Å²) in [6.07, 6.45) is 0.149. The molecule has 0 unspecified atom stereocenters. The van der Waals surface area contributed by atoms with Crippen molar-refractivity contribution in [2.75, 3.05) is 20.7 Å². The van der Waals surface area contributed by atoms with Crippen LogP contribution in [0.1, 0.15) is 22.3 Å². The zero-order valence-electron chi connectivity index (χ0n) is 10.3. The second-order valence-corrected chi connectivity index (χ2v) is 3.75. The Morgan fingerprint density at radius 2 is 2.17 bits per heavy atom. The van der Waals surface area contributed by atoms with Crippen LogP contribution < -0.4 is 0 Å². The van der Waals surface area contributed by atoms with Crippen LogP contribution in [0.25, 0.3) is 0 Å². The van der Waals surface area contributed by atoms with Gasteiger partial charge in [0.2, 0.25) is 0 Å². The van der Waals surface area contributed by atoms with Gasteiger partial charge in [0.15, 0.2) is 0 Å². The highest BCUT2D eigenvalue weighted by molar-refractivity contribution is 5.94. The minimum atomic E-state index is -0.361. The quantitative estimate of drug-likeness (QED) is 0.748. The number of methoxy groups -OCH3 is 1. The van der Waals surface area contributed by atoms with Gasteiger partial charge >= 0.3 is 5.97 Å². The third-order valence-electron chi connectivity index (χ3n) is 2.46. The van der Waals surface area contributed by atoms with Crippen molar-refractivity contribution in [1.82, 2.24) is 4.90 Å². The molecule has 5 heteroatoms. The molecule has 5 nitrogen and oxygen atoms in total. The van der Waals surface area contributed by atoms with Gasteiger partial charge in [0, 0.05) is 19.2 Å². The molecule has 18 heavy (non-hydrogen) atoms. The molecule has 0 saturated heterocycles. The molecule has 0 bridgehead atoms. The number of carbonyl (C=O) groups excluding carboxylic acids is 2. The number of hydrogen-bond donors (Lipinski definition) is 0. The molecule has 94 valence electrons. The highest BCUT2D eigenvalue weighted by Gasteiger charge is 2.13. The number of ether oxygens (including phenoxy) is 1. The predicted octanol–water partition coefficient (Wildman–Crippen LogP) is 1.19. The van der Waals surface area contributed by atoms with Gasteiger partial charge in [-0.1, -0.05) is 6.07 Å². The maximum Gasteiger partial charge on any atom is 0.307 e. The first-order valence-corrected chi connectivity index (χ1v) is 5.41.